The van der Waals surface area contributed by atoms with Crippen LogP contribution in [0.15, 0.2) is 35.9 Å². The third-order valence-corrected chi connectivity index (χ3v) is 6.48. The average Bonchev–Trinajstić information content (AvgIpc) is 2.93. The van der Waals surface area contributed by atoms with Crippen molar-refractivity contribution in [2.45, 2.75) is 54.4 Å². The number of ketones is 1. The van der Waals surface area contributed by atoms with Crippen molar-refractivity contribution in [2.75, 3.05) is 5.75 Å². The Bertz CT molecular complexity index is 631. The van der Waals surface area contributed by atoms with Crippen LogP contribution in [-0.4, -0.2) is 25.2 Å². The molecule has 0 radical (unpaired) electrons. The van der Waals surface area contributed by atoms with Crippen LogP contribution in [0, 0.1) is 16.7 Å². The summed E-state index contributed by atoms with van der Waals surface area (Å²) >= 11 is 0. The molecule has 26 heavy (non-hydrogen) atoms. The van der Waals surface area contributed by atoms with Crippen LogP contribution in [-0.2, 0) is 4.79 Å². The van der Waals surface area contributed by atoms with E-state index in [1.807, 2.05) is 78.0 Å². The first-order valence-electron chi connectivity index (χ1n) is 9.47. The zero-order valence-electron chi connectivity index (χ0n) is 16.8. The van der Waals surface area contributed by atoms with E-state index >= 15 is 0 Å². The van der Waals surface area contributed by atoms with Gasteiger partial charge in [0.05, 0.1) is 22.0 Å². The number of carbonyl (C=O) groups is 1. The van der Waals surface area contributed by atoms with Crippen molar-refractivity contribution in [3.05, 3.63) is 41.5 Å². The molecule has 3 rings (SSSR count). The Morgan fingerprint density at radius 1 is 1.08 bits per heavy atom. The number of allylic oxidation sites excluding steroid dienone is 1. The lowest BCUT2D eigenvalue weighted by molar-refractivity contribution is -0.125. The molecular formula is C21H34O4S. The predicted molar refractivity (Wildman–Crippen MR) is 111 cm³/mol. The molecule has 2 atom stereocenters. The number of rotatable bonds is 3. The molecule has 2 bridgehead atoms. The van der Waals surface area contributed by atoms with E-state index in [0.29, 0.717) is 6.42 Å². The standard InChI is InChI=1S/C17H22O4S.2C2H6/c1-16(2)14-8-9-17(16,11-22(19,20)21)15(18)13(14)10-12-6-4-3-5-7-12;2*1-2/h3-7,10,14,19-21H,8-9,11H2,1-2H3;2*1-2H3/b13-10+;;. The Balaban J connectivity index is 0.000000791. The van der Waals surface area contributed by atoms with Gasteiger partial charge in [-0.05, 0) is 35.8 Å². The summed E-state index contributed by atoms with van der Waals surface area (Å²) < 4.78 is 28.6. The molecule has 0 amide bonds. The Hall–Kier alpha value is -1.14. The SMILES string of the molecule is CC.CC.CC1(C)C2CCC1(CS(O)(O)O)C(=O)/C2=C/c1ccccc1. The first-order valence-corrected chi connectivity index (χ1v) is 11.1. The molecule has 0 saturated heterocycles. The third kappa shape index (κ3) is 4.06. The number of hydrogen-bond acceptors (Lipinski definition) is 4. The third-order valence-electron chi connectivity index (χ3n) is 5.60. The molecule has 2 fully saturated rings. The second kappa shape index (κ2) is 8.70. The van der Waals surface area contributed by atoms with Crippen LogP contribution in [0.5, 0.6) is 0 Å². The lowest BCUT2D eigenvalue weighted by Crippen LogP contribution is -2.41. The molecule has 0 aromatic heterocycles. The average molecular weight is 383 g/mol. The van der Waals surface area contributed by atoms with Crippen LogP contribution in [0.4, 0.5) is 0 Å². The topological polar surface area (TPSA) is 77.8 Å². The molecule has 2 unspecified atom stereocenters. The Morgan fingerprint density at radius 2 is 1.62 bits per heavy atom. The lowest BCUT2D eigenvalue weighted by Gasteiger charge is -2.39. The second-order valence-electron chi connectivity index (χ2n) is 7.01. The van der Waals surface area contributed by atoms with Crippen LogP contribution in [0.25, 0.3) is 6.08 Å². The van der Waals surface area contributed by atoms with Crippen molar-refractivity contribution in [2.24, 2.45) is 16.7 Å². The Morgan fingerprint density at radius 3 is 2.12 bits per heavy atom. The van der Waals surface area contributed by atoms with Crippen molar-refractivity contribution in [1.82, 2.24) is 0 Å². The molecule has 5 heteroatoms. The fourth-order valence-electron chi connectivity index (χ4n) is 4.34. The van der Waals surface area contributed by atoms with Gasteiger partial charge in [-0.2, -0.15) is 0 Å². The van der Waals surface area contributed by atoms with Gasteiger partial charge in [-0.25, -0.2) is 0 Å². The molecule has 3 N–H and O–H groups in total. The highest BCUT2D eigenvalue weighted by molar-refractivity contribution is 8.19. The molecule has 2 aliphatic carbocycles. The van der Waals surface area contributed by atoms with Gasteiger partial charge in [0.1, 0.15) is 0 Å². The summed E-state index contributed by atoms with van der Waals surface area (Å²) in [6.45, 7) is 12.0. The zero-order chi connectivity index (χ0) is 20.2. The first kappa shape index (κ1) is 22.9. The molecule has 1 aromatic rings. The van der Waals surface area contributed by atoms with Gasteiger partial charge < -0.3 is 13.7 Å². The van der Waals surface area contributed by atoms with Crippen LogP contribution < -0.4 is 0 Å². The van der Waals surface area contributed by atoms with Crippen molar-refractivity contribution in [3.8, 4) is 0 Å². The van der Waals surface area contributed by atoms with Gasteiger partial charge in [-0.3, -0.25) is 4.79 Å². The quantitative estimate of drug-likeness (QED) is 0.532. The Kier molecular flexibility index (Phi) is 7.66. The maximum atomic E-state index is 13.0. The van der Waals surface area contributed by atoms with E-state index in [1.54, 1.807) is 0 Å². The minimum Gasteiger partial charge on any atom is -0.308 e. The molecule has 0 heterocycles. The zero-order valence-corrected chi connectivity index (χ0v) is 17.6. The minimum absolute atomic E-state index is 0.0355. The summed E-state index contributed by atoms with van der Waals surface area (Å²) in [6.07, 6.45) is 3.36. The van der Waals surface area contributed by atoms with Crippen LogP contribution in [0.2, 0.25) is 0 Å². The molecule has 0 aliphatic heterocycles. The highest BCUT2D eigenvalue weighted by atomic mass is 32.3. The molecule has 4 nitrogen and oxygen atoms in total. The predicted octanol–water partition coefficient (Wildman–Crippen LogP) is 6.35. The smallest absolute Gasteiger partial charge is 0.166 e. The number of benzene rings is 1. The maximum absolute atomic E-state index is 13.0. The largest absolute Gasteiger partial charge is 0.308 e. The van der Waals surface area contributed by atoms with E-state index in [2.05, 4.69) is 0 Å². The lowest BCUT2D eigenvalue weighted by atomic mass is 9.70. The first-order chi connectivity index (χ1) is 12.2. The van der Waals surface area contributed by atoms with Gasteiger partial charge in [0.25, 0.3) is 0 Å². The molecule has 1 aromatic carbocycles. The highest BCUT2D eigenvalue weighted by Gasteiger charge is 2.67. The van der Waals surface area contributed by atoms with Crippen molar-refractivity contribution in [3.63, 3.8) is 0 Å². The summed E-state index contributed by atoms with van der Waals surface area (Å²) in [5.41, 5.74) is 0.481. The summed E-state index contributed by atoms with van der Waals surface area (Å²) in [6, 6.07) is 9.68. The molecule has 148 valence electrons. The fraction of sp³-hybridized carbons (Fsp3) is 0.571. The number of Topliss-reactive ketones (excluding diaryl/α,β-unsaturated/α-hetero) is 1. The van der Waals surface area contributed by atoms with Crippen LogP contribution >= 0.6 is 10.9 Å². The maximum Gasteiger partial charge on any atom is 0.166 e. The normalized spacial score (nSPS) is 28.1. The van der Waals surface area contributed by atoms with E-state index in [-0.39, 0.29) is 22.9 Å². The molecule has 2 aliphatic rings. The van der Waals surface area contributed by atoms with Gasteiger partial charge in [0.2, 0.25) is 0 Å². The summed E-state index contributed by atoms with van der Waals surface area (Å²) in [5, 5.41) is 0. The van der Waals surface area contributed by atoms with Crippen molar-refractivity contribution in [1.29, 1.82) is 0 Å². The van der Waals surface area contributed by atoms with Crippen LogP contribution in [0.3, 0.4) is 0 Å². The van der Waals surface area contributed by atoms with Crippen LogP contribution in [0.1, 0.15) is 59.9 Å². The van der Waals surface area contributed by atoms with E-state index in [9.17, 15) is 18.5 Å². The molecule has 0 spiro atoms. The minimum atomic E-state index is -3.70. The van der Waals surface area contributed by atoms with E-state index in [1.165, 1.54) is 0 Å². The van der Waals surface area contributed by atoms with Gasteiger partial charge in [-0.1, -0.05) is 71.9 Å². The molecular weight excluding hydrogens is 348 g/mol. The molecule has 2 saturated carbocycles. The summed E-state index contributed by atoms with van der Waals surface area (Å²) in [7, 11) is -3.70. The second-order valence-corrected chi connectivity index (χ2v) is 8.56. The van der Waals surface area contributed by atoms with Gasteiger partial charge in [0.15, 0.2) is 5.78 Å². The monoisotopic (exact) mass is 382 g/mol. The summed E-state index contributed by atoms with van der Waals surface area (Å²) in [5.74, 6) is -0.192. The van der Waals surface area contributed by atoms with E-state index in [0.717, 1.165) is 17.6 Å². The number of hydrogen-bond donors (Lipinski definition) is 3. The van der Waals surface area contributed by atoms with E-state index in [4.69, 9.17) is 0 Å². The number of fused-ring (bicyclic) bond motifs is 2. The van der Waals surface area contributed by atoms with Gasteiger partial charge in [0, 0.05) is 5.57 Å². The number of carbonyl (C=O) groups excluding carboxylic acids is 1. The highest BCUT2D eigenvalue weighted by Crippen LogP contribution is 2.68. The van der Waals surface area contributed by atoms with E-state index < -0.39 is 16.3 Å². The van der Waals surface area contributed by atoms with Gasteiger partial charge >= 0.3 is 0 Å². The summed E-state index contributed by atoms with van der Waals surface area (Å²) in [4.78, 5) is 13.0. The van der Waals surface area contributed by atoms with Gasteiger partial charge in [-0.15, -0.1) is 0 Å². The van der Waals surface area contributed by atoms with Crippen molar-refractivity contribution < 1.29 is 18.5 Å². The Labute approximate surface area is 159 Å². The van der Waals surface area contributed by atoms with Crippen molar-refractivity contribution >= 4 is 22.7 Å². The fourth-order valence-corrected chi connectivity index (χ4v) is 5.65.